The average molecular weight is 220 g/mol. The second-order valence-corrected chi connectivity index (χ2v) is 3.36. The minimum atomic E-state index is -0.358. The zero-order chi connectivity index (χ0) is 9.26. The quantitative estimate of drug-likeness (QED) is 0.765. The Kier molecular flexibility index (Phi) is 3.84. The van der Waals surface area contributed by atoms with E-state index in [0.717, 1.165) is 25.6 Å². The Morgan fingerprint density at radius 2 is 2.07 bits per heavy atom. The van der Waals surface area contributed by atoms with Crippen LogP contribution in [0.5, 0.6) is 0 Å². The van der Waals surface area contributed by atoms with Gasteiger partial charge in [0.1, 0.15) is 11.6 Å². The van der Waals surface area contributed by atoms with Crippen LogP contribution in [0.25, 0.3) is 0 Å². The lowest BCUT2D eigenvalue weighted by Gasteiger charge is -2.09. The van der Waals surface area contributed by atoms with E-state index in [9.17, 15) is 8.78 Å². The molecule has 0 radical (unpaired) electrons. The monoisotopic (exact) mass is 219 g/mol. The fourth-order valence-electron chi connectivity index (χ4n) is 1.75. The third-order valence-corrected chi connectivity index (χ3v) is 2.46. The highest BCUT2D eigenvalue weighted by Gasteiger charge is 2.20. The van der Waals surface area contributed by atoms with Gasteiger partial charge in [-0.2, -0.15) is 0 Å². The summed E-state index contributed by atoms with van der Waals surface area (Å²) in [6.07, 6.45) is 0.889. The van der Waals surface area contributed by atoms with Crippen LogP contribution in [-0.2, 0) is 0 Å². The predicted molar refractivity (Wildman–Crippen MR) is 53.8 cm³/mol. The molecule has 1 aromatic carbocycles. The summed E-state index contributed by atoms with van der Waals surface area (Å²) in [5, 5.41) is 3.13. The van der Waals surface area contributed by atoms with Crippen molar-refractivity contribution in [2.45, 2.75) is 12.3 Å². The van der Waals surface area contributed by atoms with Gasteiger partial charge in [0.05, 0.1) is 0 Å². The Bertz CT molecular complexity index is 311. The third-order valence-electron chi connectivity index (χ3n) is 2.46. The van der Waals surface area contributed by atoms with Crippen LogP contribution in [0.15, 0.2) is 18.2 Å². The van der Waals surface area contributed by atoms with E-state index in [2.05, 4.69) is 5.32 Å². The lowest BCUT2D eigenvalue weighted by Crippen LogP contribution is -2.09. The second kappa shape index (κ2) is 4.71. The minimum absolute atomic E-state index is 0. The van der Waals surface area contributed by atoms with Crippen molar-refractivity contribution < 1.29 is 8.78 Å². The number of hydrogen-bond acceptors (Lipinski definition) is 1. The molecule has 0 saturated carbocycles. The van der Waals surface area contributed by atoms with Crippen molar-refractivity contribution in [2.24, 2.45) is 0 Å². The molecule has 4 heteroatoms. The molecule has 1 saturated heterocycles. The molecule has 0 bridgehead atoms. The molecule has 0 amide bonds. The number of rotatable bonds is 1. The van der Waals surface area contributed by atoms with E-state index in [0.29, 0.717) is 5.56 Å². The van der Waals surface area contributed by atoms with Gasteiger partial charge in [-0.25, -0.2) is 8.78 Å². The standard InChI is InChI=1S/C10H11F2N.ClH/c11-8-1-2-10(12)9(5-8)7-3-4-13-6-7;/h1-2,5,7,13H,3-4,6H2;1H/t7-;/m0./s1. The summed E-state index contributed by atoms with van der Waals surface area (Å²) in [4.78, 5) is 0. The van der Waals surface area contributed by atoms with Crippen molar-refractivity contribution in [1.29, 1.82) is 0 Å². The van der Waals surface area contributed by atoms with Gasteiger partial charge in [-0.05, 0) is 36.7 Å². The van der Waals surface area contributed by atoms with Crippen LogP contribution in [0.1, 0.15) is 17.9 Å². The second-order valence-electron chi connectivity index (χ2n) is 3.36. The fraction of sp³-hybridized carbons (Fsp3) is 0.400. The summed E-state index contributed by atoms with van der Waals surface area (Å²) in [7, 11) is 0. The Balaban J connectivity index is 0.000000980. The van der Waals surface area contributed by atoms with Gasteiger partial charge in [-0.1, -0.05) is 0 Å². The number of halogens is 3. The molecule has 1 N–H and O–H groups in total. The summed E-state index contributed by atoms with van der Waals surface area (Å²) < 4.78 is 26.0. The molecule has 1 aliphatic heterocycles. The largest absolute Gasteiger partial charge is 0.316 e. The first kappa shape index (κ1) is 11.4. The molecule has 1 atom stereocenters. The molecule has 2 rings (SSSR count). The normalized spacial score (nSPS) is 20.6. The van der Waals surface area contributed by atoms with Crippen LogP contribution >= 0.6 is 12.4 Å². The van der Waals surface area contributed by atoms with Crippen LogP contribution in [0, 0.1) is 11.6 Å². The molecule has 0 aliphatic carbocycles. The summed E-state index contributed by atoms with van der Waals surface area (Å²) in [5.74, 6) is -0.519. The van der Waals surface area contributed by atoms with Gasteiger partial charge in [-0.3, -0.25) is 0 Å². The SMILES string of the molecule is Cl.Fc1ccc(F)c([C@H]2CCNC2)c1. The summed E-state index contributed by atoms with van der Waals surface area (Å²) >= 11 is 0. The lowest BCUT2D eigenvalue weighted by molar-refractivity contribution is 0.567. The first-order valence-electron chi connectivity index (χ1n) is 4.43. The average Bonchev–Trinajstić information content (AvgIpc) is 2.61. The van der Waals surface area contributed by atoms with Gasteiger partial charge in [0.2, 0.25) is 0 Å². The summed E-state index contributed by atoms with van der Waals surface area (Å²) in [6, 6.07) is 3.65. The van der Waals surface area contributed by atoms with E-state index in [1.807, 2.05) is 0 Å². The van der Waals surface area contributed by atoms with Crippen LogP contribution in [-0.4, -0.2) is 13.1 Å². The van der Waals surface area contributed by atoms with Crippen LogP contribution < -0.4 is 5.32 Å². The highest BCUT2D eigenvalue weighted by atomic mass is 35.5. The van der Waals surface area contributed by atoms with Crippen molar-refractivity contribution in [1.82, 2.24) is 5.32 Å². The number of nitrogens with one attached hydrogen (secondary N) is 1. The highest BCUT2D eigenvalue weighted by Crippen LogP contribution is 2.25. The molecule has 1 nitrogen and oxygen atoms in total. The van der Waals surface area contributed by atoms with E-state index in [1.165, 1.54) is 12.1 Å². The van der Waals surface area contributed by atoms with E-state index in [1.54, 1.807) is 0 Å². The molecule has 1 aromatic rings. The molecule has 0 unspecified atom stereocenters. The molecule has 14 heavy (non-hydrogen) atoms. The maximum atomic E-state index is 13.2. The lowest BCUT2D eigenvalue weighted by atomic mass is 9.98. The van der Waals surface area contributed by atoms with Gasteiger partial charge in [0, 0.05) is 12.5 Å². The van der Waals surface area contributed by atoms with Crippen molar-refractivity contribution in [3.8, 4) is 0 Å². The van der Waals surface area contributed by atoms with Crippen LogP contribution in [0.3, 0.4) is 0 Å². The van der Waals surface area contributed by atoms with Crippen molar-refractivity contribution in [3.05, 3.63) is 35.4 Å². The molecule has 78 valence electrons. The van der Waals surface area contributed by atoms with E-state index in [-0.39, 0.29) is 30.0 Å². The topological polar surface area (TPSA) is 12.0 Å². The molecule has 1 fully saturated rings. The Hall–Kier alpha value is -0.670. The maximum Gasteiger partial charge on any atom is 0.126 e. The van der Waals surface area contributed by atoms with Gasteiger partial charge in [0.25, 0.3) is 0 Å². The Morgan fingerprint density at radius 1 is 1.29 bits per heavy atom. The van der Waals surface area contributed by atoms with Crippen molar-refractivity contribution in [2.75, 3.05) is 13.1 Å². The molecule has 1 aliphatic rings. The minimum Gasteiger partial charge on any atom is -0.316 e. The Labute approximate surface area is 87.9 Å². The molecular weight excluding hydrogens is 208 g/mol. The third kappa shape index (κ3) is 2.22. The van der Waals surface area contributed by atoms with Crippen molar-refractivity contribution >= 4 is 12.4 Å². The van der Waals surface area contributed by atoms with E-state index >= 15 is 0 Å². The first-order chi connectivity index (χ1) is 6.27. The zero-order valence-electron chi connectivity index (χ0n) is 7.59. The number of hydrogen-bond donors (Lipinski definition) is 1. The van der Waals surface area contributed by atoms with Gasteiger partial charge in [0.15, 0.2) is 0 Å². The van der Waals surface area contributed by atoms with Crippen LogP contribution in [0.4, 0.5) is 8.78 Å². The fourth-order valence-corrected chi connectivity index (χ4v) is 1.75. The van der Waals surface area contributed by atoms with E-state index < -0.39 is 0 Å². The van der Waals surface area contributed by atoms with Crippen LogP contribution in [0.2, 0.25) is 0 Å². The molecule has 0 aromatic heterocycles. The highest BCUT2D eigenvalue weighted by molar-refractivity contribution is 5.85. The summed E-state index contributed by atoms with van der Waals surface area (Å²) in [5.41, 5.74) is 0.505. The Morgan fingerprint density at radius 3 is 2.71 bits per heavy atom. The zero-order valence-corrected chi connectivity index (χ0v) is 8.41. The number of benzene rings is 1. The summed E-state index contributed by atoms with van der Waals surface area (Å²) in [6.45, 7) is 1.64. The van der Waals surface area contributed by atoms with Crippen molar-refractivity contribution in [3.63, 3.8) is 0 Å². The van der Waals surface area contributed by atoms with Gasteiger partial charge < -0.3 is 5.32 Å². The van der Waals surface area contributed by atoms with Gasteiger partial charge >= 0.3 is 0 Å². The smallest absolute Gasteiger partial charge is 0.126 e. The maximum absolute atomic E-state index is 13.2. The molecule has 1 heterocycles. The first-order valence-corrected chi connectivity index (χ1v) is 4.43. The van der Waals surface area contributed by atoms with E-state index in [4.69, 9.17) is 0 Å². The molecule has 0 spiro atoms. The predicted octanol–water partition coefficient (Wildman–Crippen LogP) is 2.46. The van der Waals surface area contributed by atoms with Gasteiger partial charge in [-0.15, -0.1) is 12.4 Å². The molecular formula is C10H12ClF2N.